The summed E-state index contributed by atoms with van der Waals surface area (Å²) < 4.78 is 24.0. The van der Waals surface area contributed by atoms with Gasteiger partial charge in [-0.3, -0.25) is 40.5 Å². The molecule has 0 atom stereocenters. The van der Waals surface area contributed by atoms with Gasteiger partial charge in [-0.15, -0.1) is 0 Å². The number of nitrogens with zero attached hydrogens (tertiary/aromatic N) is 4. The lowest BCUT2D eigenvalue weighted by atomic mass is 10.1. The zero-order valence-corrected chi connectivity index (χ0v) is 23.9. The van der Waals surface area contributed by atoms with Gasteiger partial charge in [0, 0.05) is 12.1 Å². The van der Waals surface area contributed by atoms with Gasteiger partial charge < -0.3 is 17.7 Å². The van der Waals surface area contributed by atoms with Crippen molar-refractivity contribution in [2.45, 2.75) is 0 Å². The summed E-state index contributed by atoms with van der Waals surface area (Å²) >= 11 is 0. The maximum absolute atomic E-state index is 12.1. The van der Waals surface area contributed by atoms with Crippen LogP contribution in [0, 0.1) is 40.5 Å². The van der Waals surface area contributed by atoms with Gasteiger partial charge in [-0.2, -0.15) is 0 Å². The topological polar surface area (TPSA) is 225 Å². The Kier molecular flexibility index (Phi) is 6.86. The molecule has 7 aromatic rings. The van der Waals surface area contributed by atoms with Gasteiger partial charge in [-0.1, -0.05) is 48.5 Å². The van der Waals surface area contributed by atoms with E-state index >= 15 is 0 Å². The summed E-state index contributed by atoms with van der Waals surface area (Å²) in [5, 5.41) is 50.9. The molecule has 7 rings (SSSR count). The number of nitro benzene ring substituents is 4. The van der Waals surface area contributed by atoms with Gasteiger partial charge in [-0.25, -0.2) is 0 Å². The first-order chi connectivity index (χ1) is 23.0. The Morgan fingerprint density at radius 1 is 0.333 bits per heavy atom. The molecule has 0 fully saturated rings. The highest BCUT2D eigenvalue weighted by molar-refractivity contribution is 5.96. The monoisotopic (exact) mass is 648 g/mol. The lowest BCUT2D eigenvalue weighted by molar-refractivity contribution is -0.393. The number of non-ortho nitro benzene ring substituents is 4. The zero-order valence-electron chi connectivity index (χ0n) is 23.9. The van der Waals surface area contributed by atoms with Crippen molar-refractivity contribution < 1.29 is 37.4 Å². The molecule has 4 bridgehead atoms. The van der Waals surface area contributed by atoms with E-state index in [0.717, 1.165) is 12.1 Å². The quantitative estimate of drug-likeness (QED) is 0.128. The second-order valence-electron chi connectivity index (χ2n) is 10.3. The van der Waals surface area contributed by atoms with Crippen molar-refractivity contribution in [2.75, 3.05) is 0 Å². The van der Waals surface area contributed by atoms with Crippen LogP contribution in [0.4, 0.5) is 22.7 Å². The van der Waals surface area contributed by atoms with Crippen molar-refractivity contribution >= 4 is 89.0 Å². The molecule has 0 saturated heterocycles. The molecule has 1 aromatic heterocycles. The Labute approximate surface area is 263 Å². The van der Waals surface area contributed by atoms with Crippen molar-refractivity contribution in [1.82, 2.24) is 0 Å². The second kappa shape index (κ2) is 11.2. The molecule has 16 nitrogen and oxygen atoms in total. The average Bonchev–Trinajstić information content (AvgIpc) is 3.04. The second-order valence-corrected chi connectivity index (χ2v) is 10.3. The number of nitro groups is 4. The molecule has 0 saturated carbocycles. The minimum atomic E-state index is -0.880. The minimum absolute atomic E-state index is 0.185. The molecule has 1 heterocycles. The van der Waals surface area contributed by atoms with E-state index in [9.17, 15) is 40.5 Å². The largest absolute Gasteiger partial charge is 0.446 e. The third-order valence-electron chi connectivity index (χ3n) is 7.37. The summed E-state index contributed by atoms with van der Waals surface area (Å²) in [5.74, 6) is 0. The fourth-order valence-electron chi connectivity index (χ4n) is 5.17. The van der Waals surface area contributed by atoms with E-state index in [4.69, 9.17) is 17.7 Å². The molecule has 0 aliphatic rings. The maximum Gasteiger partial charge on any atom is 0.318 e. The van der Waals surface area contributed by atoms with Gasteiger partial charge in [-0.05, 0) is 45.8 Å². The first-order valence-corrected chi connectivity index (χ1v) is 13.8. The number of rotatable bonds is 4. The molecule has 236 valence electrons. The summed E-state index contributed by atoms with van der Waals surface area (Å²) in [6, 6.07) is 22.6. The van der Waals surface area contributed by atoms with E-state index in [2.05, 4.69) is 0 Å². The van der Waals surface area contributed by atoms with Crippen LogP contribution in [0.25, 0.3) is 66.2 Å². The van der Waals surface area contributed by atoms with E-state index in [1.807, 2.05) is 0 Å². The van der Waals surface area contributed by atoms with E-state index in [1.54, 1.807) is 48.5 Å². The highest BCUT2D eigenvalue weighted by Gasteiger charge is 2.25. The molecular formula is C32H16N4O12. The van der Waals surface area contributed by atoms with Crippen LogP contribution in [-0.2, 0) is 0 Å². The van der Waals surface area contributed by atoms with E-state index < -0.39 is 64.8 Å². The number of hydrogen-bond donors (Lipinski definition) is 0. The van der Waals surface area contributed by atoms with Gasteiger partial charge >= 0.3 is 22.7 Å². The summed E-state index contributed by atoms with van der Waals surface area (Å²) in [7, 11) is 0. The molecular weight excluding hydrogens is 632 g/mol. The van der Waals surface area contributed by atoms with Crippen molar-refractivity contribution in [2.24, 2.45) is 0 Å². The smallest absolute Gasteiger partial charge is 0.318 e. The average molecular weight is 648 g/mol. The molecule has 0 aliphatic carbocycles. The highest BCUT2D eigenvalue weighted by Crippen LogP contribution is 2.36. The zero-order chi connectivity index (χ0) is 33.7. The van der Waals surface area contributed by atoms with Crippen molar-refractivity contribution in [3.8, 4) is 0 Å². The van der Waals surface area contributed by atoms with Crippen LogP contribution in [-0.4, -0.2) is 19.7 Å². The molecule has 0 amide bonds. The van der Waals surface area contributed by atoms with Crippen LogP contribution in [0.15, 0.2) is 115 Å². The van der Waals surface area contributed by atoms with Crippen molar-refractivity contribution in [1.29, 1.82) is 0 Å². The molecule has 6 aromatic carbocycles. The van der Waals surface area contributed by atoms with Crippen molar-refractivity contribution in [3.05, 3.63) is 138 Å². The molecule has 0 radical (unpaired) electrons. The van der Waals surface area contributed by atoms with Crippen LogP contribution in [0.5, 0.6) is 0 Å². The molecule has 0 unspecified atom stereocenters. The SMILES string of the molecule is O=[N+]([O-])c1cc([N+](=O)[O-])c2cc1oc1cc3ccccc3cc1oc1cc(oc3cc4ccccc4cc3o2)c([N+](=O)[O-])cc1[N+](=O)[O-]. The standard InChI is InChI=1S/C32H16N4O12/c37-33(38)21-13-23(35(41)42)27-15-25(21)45-29-9-17-5-1-2-6-18(17)10-30(29)46-26-16-28(24(36(43)44)14-22(26)34(39)40)48-32-12-20-8-4-3-7-19(20)11-31(32)47-27/h1-16H. The Hall–Kier alpha value is -7.36. The lowest BCUT2D eigenvalue weighted by Gasteiger charge is -2.03. The number of fused-ring (bicyclic) bond motifs is 8. The van der Waals surface area contributed by atoms with Crippen molar-refractivity contribution in [3.63, 3.8) is 0 Å². The third-order valence-corrected chi connectivity index (χ3v) is 7.37. The Morgan fingerprint density at radius 2 is 0.562 bits per heavy atom. The number of hydrogen-bond acceptors (Lipinski definition) is 12. The van der Waals surface area contributed by atoms with Gasteiger partial charge in [0.15, 0.2) is 22.3 Å². The van der Waals surface area contributed by atoms with Crippen LogP contribution in [0.2, 0.25) is 0 Å². The predicted molar refractivity (Wildman–Crippen MR) is 171 cm³/mol. The Morgan fingerprint density at radius 3 is 0.771 bits per heavy atom. The van der Waals surface area contributed by atoms with E-state index in [0.29, 0.717) is 33.7 Å². The summed E-state index contributed by atoms with van der Waals surface area (Å²) in [5.41, 5.74) is -5.86. The summed E-state index contributed by atoms with van der Waals surface area (Å²) in [6.45, 7) is 0. The number of benzene rings is 6. The van der Waals surface area contributed by atoms with Crippen LogP contribution < -0.4 is 0 Å². The molecule has 48 heavy (non-hydrogen) atoms. The molecule has 16 heteroatoms. The van der Waals surface area contributed by atoms with Crippen LogP contribution in [0.3, 0.4) is 0 Å². The molecule has 0 N–H and O–H groups in total. The molecule has 0 aliphatic heterocycles. The first kappa shape index (κ1) is 29.4. The van der Waals surface area contributed by atoms with Crippen LogP contribution in [0.1, 0.15) is 0 Å². The fourth-order valence-corrected chi connectivity index (χ4v) is 5.17. The van der Waals surface area contributed by atoms with E-state index in [1.165, 1.54) is 24.3 Å². The van der Waals surface area contributed by atoms with Crippen LogP contribution >= 0.6 is 0 Å². The first-order valence-electron chi connectivity index (χ1n) is 13.8. The maximum atomic E-state index is 12.1. The van der Waals surface area contributed by atoms with Gasteiger partial charge in [0.1, 0.15) is 12.1 Å². The van der Waals surface area contributed by atoms with E-state index in [-0.39, 0.29) is 22.3 Å². The Balaban J connectivity index is 1.82. The van der Waals surface area contributed by atoms with Gasteiger partial charge in [0.2, 0.25) is 22.3 Å². The van der Waals surface area contributed by atoms with Gasteiger partial charge in [0.05, 0.1) is 19.7 Å². The summed E-state index contributed by atoms with van der Waals surface area (Å²) in [6.07, 6.45) is 0. The lowest BCUT2D eigenvalue weighted by Crippen LogP contribution is -1.94. The minimum Gasteiger partial charge on any atom is -0.446 e. The normalized spacial score (nSPS) is 11.2. The highest BCUT2D eigenvalue weighted by atomic mass is 16.6. The third kappa shape index (κ3) is 5.20. The molecule has 0 spiro atoms. The Bertz CT molecular complexity index is 2350. The predicted octanol–water partition coefficient (Wildman–Crippen LogP) is 9.42. The summed E-state index contributed by atoms with van der Waals surface area (Å²) in [4.78, 5) is 45.0. The fraction of sp³-hybridized carbons (Fsp3) is 0. The van der Waals surface area contributed by atoms with Gasteiger partial charge in [0.25, 0.3) is 0 Å².